The van der Waals surface area contributed by atoms with Crippen LogP contribution in [-0.4, -0.2) is 20.7 Å². The molecule has 8 heteroatoms. The molecular weight excluding hydrogens is 409 g/mol. The highest BCUT2D eigenvalue weighted by Gasteiger charge is 2.23. The van der Waals surface area contributed by atoms with Gasteiger partial charge in [-0.05, 0) is 50.1 Å². The SMILES string of the molecule is C=CCn1c(S[C@@H](CC)C(=O)Nc2ccc(F)cc2)nc2sc(C)c(C)c2c1=O. The second-order valence-electron chi connectivity index (χ2n) is 6.57. The number of nitrogens with one attached hydrogen (secondary N) is 1. The van der Waals surface area contributed by atoms with Crippen LogP contribution < -0.4 is 10.9 Å². The first-order valence-electron chi connectivity index (χ1n) is 9.20. The number of hydrogen-bond acceptors (Lipinski definition) is 5. The summed E-state index contributed by atoms with van der Waals surface area (Å²) in [5, 5.41) is 3.46. The molecule has 1 N–H and O–H groups in total. The molecule has 3 aromatic rings. The van der Waals surface area contributed by atoms with Gasteiger partial charge < -0.3 is 5.32 Å². The second-order valence-corrected chi connectivity index (χ2v) is 8.95. The van der Waals surface area contributed by atoms with Gasteiger partial charge in [-0.2, -0.15) is 0 Å². The maximum Gasteiger partial charge on any atom is 0.263 e. The average Bonchev–Trinajstić information content (AvgIpc) is 2.98. The molecule has 2 aromatic heterocycles. The van der Waals surface area contributed by atoms with Gasteiger partial charge in [-0.15, -0.1) is 17.9 Å². The van der Waals surface area contributed by atoms with Gasteiger partial charge in [-0.25, -0.2) is 9.37 Å². The molecule has 3 rings (SSSR count). The minimum Gasteiger partial charge on any atom is -0.325 e. The molecule has 5 nitrogen and oxygen atoms in total. The van der Waals surface area contributed by atoms with E-state index in [-0.39, 0.29) is 17.3 Å². The summed E-state index contributed by atoms with van der Waals surface area (Å²) in [5.41, 5.74) is 1.35. The zero-order valence-corrected chi connectivity index (χ0v) is 18.1. The van der Waals surface area contributed by atoms with Crippen molar-refractivity contribution in [2.75, 3.05) is 5.32 Å². The number of nitrogens with zero attached hydrogens (tertiary/aromatic N) is 2. The zero-order valence-electron chi connectivity index (χ0n) is 16.5. The van der Waals surface area contributed by atoms with Crippen molar-refractivity contribution in [3.05, 3.63) is 63.5 Å². The van der Waals surface area contributed by atoms with E-state index < -0.39 is 5.25 Å². The first-order chi connectivity index (χ1) is 13.8. The Morgan fingerprint density at radius 2 is 2.07 bits per heavy atom. The number of fused-ring (bicyclic) bond motifs is 1. The van der Waals surface area contributed by atoms with Gasteiger partial charge in [-0.1, -0.05) is 24.8 Å². The van der Waals surface area contributed by atoms with E-state index in [1.165, 1.54) is 47.4 Å². The minimum atomic E-state index is -0.456. The fourth-order valence-electron chi connectivity index (χ4n) is 2.89. The van der Waals surface area contributed by atoms with E-state index >= 15 is 0 Å². The van der Waals surface area contributed by atoms with Crippen molar-refractivity contribution >= 4 is 44.9 Å². The van der Waals surface area contributed by atoms with Crippen LogP contribution in [0.15, 0.2) is 46.9 Å². The molecule has 0 unspecified atom stereocenters. The molecule has 2 heterocycles. The summed E-state index contributed by atoms with van der Waals surface area (Å²) < 4.78 is 14.6. The quantitative estimate of drug-likeness (QED) is 0.328. The highest BCUT2D eigenvalue weighted by atomic mass is 32.2. The molecule has 0 bridgehead atoms. The number of anilines is 1. The number of thiophene rings is 1. The van der Waals surface area contributed by atoms with Crippen LogP contribution in [0.1, 0.15) is 23.8 Å². The van der Waals surface area contributed by atoms with Gasteiger partial charge in [0.1, 0.15) is 10.6 Å². The molecule has 152 valence electrons. The monoisotopic (exact) mass is 431 g/mol. The lowest BCUT2D eigenvalue weighted by Gasteiger charge is -2.17. The van der Waals surface area contributed by atoms with Gasteiger partial charge in [-0.3, -0.25) is 14.2 Å². The molecule has 0 aliphatic carbocycles. The number of hydrogen-bond donors (Lipinski definition) is 1. The predicted octanol–water partition coefficient (Wildman–Crippen LogP) is 4.91. The molecule has 0 spiro atoms. The highest BCUT2D eigenvalue weighted by Crippen LogP contribution is 2.30. The molecule has 0 fully saturated rings. The molecule has 29 heavy (non-hydrogen) atoms. The fraction of sp³-hybridized carbons (Fsp3) is 0.286. The van der Waals surface area contributed by atoms with Crippen molar-refractivity contribution in [2.24, 2.45) is 0 Å². The summed E-state index contributed by atoms with van der Waals surface area (Å²) in [7, 11) is 0. The molecule has 0 aliphatic rings. The van der Waals surface area contributed by atoms with Crippen LogP contribution in [0.2, 0.25) is 0 Å². The number of aromatic nitrogens is 2. The Hall–Kier alpha value is -2.45. The zero-order chi connectivity index (χ0) is 21.1. The van der Waals surface area contributed by atoms with Gasteiger partial charge in [0.15, 0.2) is 5.16 Å². The van der Waals surface area contributed by atoms with Crippen LogP contribution in [0.3, 0.4) is 0 Å². The molecule has 1 aromatic carbocycles. The van der Waals surface area contributed by atoms with Crippen molar-refractivity contribution < 1.29 is 9.18 Å². The van der Waals surface area contributed by atoms with E-state index in [9.17, 15) is 14.0 Å². The lowest BCUT2D eigenvalue weighted by atomic mass is 10.2. The Morgan fingerprint density at radius 3 is 2.69 bits per heavy atom. The predicted molar refractivity (Wildman–Crippen MR) is 119 cm³/mol. The van der Waals surface area contributed by atoms with E-state index in [0.717, 1.165) is 10.4 Å². The van der Waals surface area contributed by atoms with Gasteiger partial charge >= 0.3 is 0 Å². The van der Waals surface area contributed by atoms with Crippen molar-refractivity contribution in [1.82, 2.24) is 9.55 Å². The van der Waals surface area contributed by atoms with Crippen LogP contribution >= 0.6 is 23.1 Å². The number of benzene rings is 1. The summed E-state index contributed by atoms with van der Waals surface area (Å²) >= 11 is 2.74. The maximum atomic E-state index is 13.1. The number of amides is 1. The average molecular weight is 432 g/mol. The Bertz CT molecular complexity index is 1120. The van der Waals surface area contributed by atoms with E-state index in [0.29, 0.717) is 34.0 Å². The standard InChI is InChI=1S/C21H22FN3O2S2/c1-5-11-25-20(27)17-12(3)13(4)28-19(17)24-21(25)29-16(6-2)18(26)23-15-9-7-14(22)8-10-15/h5,7-10,16H,1,6,11H2,2-4H3,(H,23,26)/t16-/m0/s1. The van der Waals surface area contributed by atoms with Gasteiger partial charge in [0, 0.05) is 17.1 Å². The normalized spacial score (nSPS) is 12.1. The first-order valence-corrected chi connectivity index (χ1v) is 10.9. The van der Waals surface area contributed by atoms with E-state index in [4.69, 9.17) is 4.98 Å². The topological polar surface area (TPSA) is 64.0 Å². The van der Waals surface area contributed by atoms with Crippen LogP contribution in [0.25, 0.3) is 10.2 Å². The largest absolute Gasteiger partial charge is 0.325 e. The number of carbonyl (C=O) groups excluding carboxylic acids is 1. The molecular formula is C21H22FN3O2S2. The lowest BCUT2D eigenvalue weighted by molar-refractivity contribution is -0.115. The third-order valence-electron chi connectivity index (χ3n) is 4.59. The van der Waals surface area contributed by atoms with Crippen molar-refractivity contribution in [3.8, 4) is 0 Å². The molecule has 0 radical (unpaired) electrons. The first kappa shape index (κ1) is 21.3. The van der Waals surface area contributed by atoms with Crippen LogP contribution in [0.5, 0.6) is 0 Å². The minimum absolute atomic E-state index is 0.118. The smallest absolute Gasteiger partial charge is 0.263 e. The van der Waals surface area contributed by atoms with E-state index in [2.05, 4.69) is 11.9 Å². The van der Waals surface area contributed by atoms with Gasteiger partial charge in [0.2, 0.25) is 5.91 Å². The summed E-state index contributed by atoms with van der Waals surface area (Å²) in [4.78, 5) is 32.2. The van der Waals surface area contributed by atoms with Gasteiger partial charge in [0.25, 0.3) is 5.56 Å². The molecule has 0 saturated heterocycles. The second kappa shape index (κ2) is 8.92. The third kappa shape index (κ3) is 4.43. The highest BCUT2D eigenvalue weighted by molar-refractivity contribution is 8.00. The van der Waals surface area contributed by atoms with Gasteiger partial charge in [0.05, 0.1) is 10.6 Å². The number of carbonyl (C=O) groups is 1. The van der Waals surface area contributed by atoms with Crippen LogP contribution in [0.4, 0.5) is 10.1 Å². The maximum absolute atomic E-state index is 13.1. The van der Waals surface area contributed by atoms with Crippen molar-refractivity contribution in [3.63, 3.8) is 0 Å². The Balaban J connectivity index is 1.94. The molecule has 1 amide bonds. The summed E-state index contributed by atoms with van der Waals surface area (Å²) in [6.07, 6.45) is 2.19. The molecule has 1 atom stereocenters. The fourth-order valence-corrected chi connectivity index (χ4v) is 4.99. The number of allylic oxidation sites excluding steroid dienone is 1. The van der Waals surface area contributed by atoms with Crippen LogP contribution in [-0.2, 0) is 11.3 Å². The molecule has 0 saturated carbocycles. The van der Waals surface area contributed by atoms with E-state index in [1.54, 1.807) is 10.6 Å². The number of halogens is 1. The third-order valence-corrected chi connectivity index (χ3v) is 7.04. The Morgan fingerprint density at radius 1 is 1.38 bits per heavy atom. The Labute approximate surface area is 176 Å². The molecule has 0 aliphatic heterocycles. The number of rotatable bonds is 7. The number of thioether (sulfide) groups is 1. The number of aryl methyl sites for hydroxylation is 2. The van der Waals surface area contributed by atoms with Crippen molar-refractivity contribution in [1.29, 1.82) is 0 Å². The summed E-state index contributed by atoms with van der Waals surface area (Å²) in [6, 6.07) is 5.62. The summed E-state index contributed by atoms with van der Waals surface area (Å²) in [6.45, 7) is 9.84. The Kier molecular flexibility index (Phi) is 6.54. The summed E-state index contributed by atoms with van der Waals surface area (Å²) in [5.74, 6) is -0.584. The van der Waals surface area contributed by atoms with Crippen molar-refractivity contribution in [2.45, 2.75) is 44.1 Å². The van der Waals surface area contributed by atoms with Crippen LogP contribution in [0, 0.1) is 19.7 Å². The lowest BCUT2D eigenvalue weighted by Crippen LogP contribution is -2.28. The van der Waals surface area contributed by atoms with E-state index in [1.807, 2.05) is 20.8 Å².